The molecule has 1 aliphatic heterocycles. The number of carbonyl (C=O) groups excluding carboxylic acids is 1. The zero-order valence-electron chi connectivity index (χ0n) is 16.3. The molecule has 0 unspecified atom stereocenters. The molecule has 152 valence electrons. The molecule has 2 aromatic carbocycles. The van der Waals surface area contributed by atoms with Gasteiger partial charge in [0.1, 0.15) is 12.1 Å². The van der Waals surface area contributed by atoms with Crippen molar-refractivity contribution >= 4 is 23.1 Å². The first-order valence-electron chi connectivity index (χ1n) is 9.78. The lowest BCUT2D eigenvalue weighted by Gasteiger charge is -2.32. The monoisotopic (exact) mass is 403 g/mol. The van der Waals surface area contributed by atoms with Crippen LogP contribution in [0, 0.1) is 16.0 Å². The van der Waals surface area contributed by atoms with Gasteiger partial charge in [0, 0.05) is 48.5 Å². The number of non-ortho nitro benzene ring substituents is 1. The van der Waals surface area contributed by atoms with Gasteiger partial charge in [-0.25, -0.2) is 9.97 Å². The Labute approximate surface area is 173 Å². The number of nitro benzene ring substituents is 1. The maximum Gasteiger partial charge on any atom is 0.271 e. The number of nitro groups is 1. The molecule has 0 atom stereocenters. The van der Waals surface area contributed by atoms with Crippen LogP contribution in [0.4, 0.5) is 17.2 Å². The zero-order valence-corrected chi connectivity index (χ0v) is 16.3. The molecule has 0 spiro atoms. The molecule has 1 aromatic heterocycles. The third-order valence-electron chi connectivity index (χ3n) is 5.24. The SMILES string of the molecule is O=C(Nc1cccc([N+](=O)[O-])c1)C1CCN(c2cc(-c3ccccc3)ncn2)CC1. The van der Waals surface area contributed by atoms with Crippen molar-refractivity contribution in [3.8, 4) is 11.3 Å². The van der Waals surface area contributed by atoms with Crippen molar-refractivity contribution < 1.29 is 9.72 Å². The fourth-order valence-electron chi connectivity index (χ4n) is 3.60. The van der Waals surface area contributed by atoms with Gasteiger partial charge < -0.3 is 10.2 Å². The highest BCUT2D eigenvalue weighted by Gasteiger charge is 2.26. The van der Waals surface area contributed by atoms with E-state index in [0.717, 1.165) is 17.1 Å². The molecular weight excluding hydrogens is 382 g/mol. The molecule has 3 aromatic rings. The summed E-state index contributed by atoms with van der Waals surface area (Å²) in [5.74, 6) is 0.597. The lowest BCUT2D eigenvalue weighted by molar-refractivity contribution is -0.384. The molecule has 4 rings (SSSR count). The third-order valence-corrected chi connectivity index (χ3v) is 5.24. The number of aromatic nitrogens is 2. The molecular formula is C22H21N5O3. The largest absolute Gasteiger partial charge is 0.356 e. The number of carbonyl (C=O) groups is 1. The smallest absolute Gasteiger partial charge is 0.271 e. The Morgan fingerprint density at radius 2 is 1.80 bits per heavy atom. The summed E-state index contributed by atoms with van der Waals surface area (Å²) in [5.41, 5.74) is 2.30. The molecule has 0 aliphatic carbocycles. The van der Waals surface area contributed by atoms with E-state index in [0.29, 0.717) is 31.6 Å². The number of amides is 1. The predicted octanol–water partition coefficient (Wildman–Crippen LogP) is 3.91. The first-order chi connectivity index (χ1) is 14.6. The van der Waals surface area contributed by atoms with Gasteiger partial charge in [-0.05, 0) is 18.9 Å². The first-order valence-corrected chi connectivity index (χ1v) is 9.78. The van der Waals surface area contributed by atoms with Crippen molar-refractivity contribution in [2.75, 3.05) is 23.3 Å². The summed E-state index contributed by atoms with van der Waals surface area (Å²) in [6, 6.07) is 17.9. The van der Waals surface area contributed by atoms with Crippen LogP contribution in [-0.2, 0) is 4.79 Å². The number of rotatable bonds is 5. The van der Waals surface area contributed by atoms with Gasteiger partial charge in [0.2, 0.25) is 5.91 Å². The second-order valence-corrected chi connectivity index (χ2v) is 7.19. The fourth-order valence-corrected chi connectivity index (χ4v) is 3.60. The van der Waals surface area contributed by atoms with Gasteiger partial charge in [0.25, 0.3) is 5.69 Å². The van der Waals surface area contributed by atoms with Gasteiger partial charge in [-0.2, -0.15) is 0 Å². The molecule has 1 saturated heterocycles. The Morgan fingerprint density at radius 3 is 2.53 bits per heavy atom. The molecule has 0 radical (unpaired) electrons. The number of piperidine rings is 1. The van der Waals surface area contributed by atoms with Crippen molar-refractivity contribution in [3.63, 3.8) is 0 Å². The van der Waals surface area contributed by atoms with E-state index in [-0.39, 0.29) is 17.5 Å². The average molecular weight is 403 g/mol. The minimum atomic E-state index is -0.473. The first kappa shape index (κ1) is 19.5. The van der Waals surface area contributed by atoms with Crippen molar-refractivity contribution in [1.29, 1.82) is 0 Å². The highest BCUT2D eigenvalue weighted by Crippen LogP contribution is 2.26. The van der Waals surface area contributed by atoms with E-state index in [1.807, 2.05) is 36.4 Å². The minimum Gasteiger partial charge on any atom is -0.356 e. The van der Waals surface area contributed by atoms with Gasteiger partial charge in [0.15, 0.2) is 0 Å². The van der Waals surface area contributed by atoms with E-state index in [2.05, 4.69) is 20.2 Å². The number of hydrogen-bond acceptors (Lipinski definition) is 6. The molecule has 1 amide bonds. The maximum atomic E-state index is 12.6. The standard InChI is InChI=1S/C22H21N5O3/c28-22(25-18-7-4-8-19(13-18)27(29)30)17-9-11-26(12-10-17)21-14-20(23-15-24-21)16-5-2-1-3-6-16/h1-8,13-15,17H,9-12H2,(H,25,28). The molecule has 2 heterocycles. The van der Waals surface area contributed by atoms with Crippen LogP contribution in [0.1, 0.15) is 12.8 Å². The van der Waals surface area contributed by atoms with Crippen LogP contribution in [0.25, 0.3) is 11.3 Å². The molecule has 8 heteroatoms. The number of anilines is 2. The van der Waals surface area contributed by atoms with Gasteiger partial charge in [-0.3, -0.25) is 14.9 Å². The lowest BCUT2D eigenvalue weighted by atomic mass is 9.95. The second kappa shape index (κ2) is 8.69. The number of nitrogens with zero attached hydrogens (tertiary/aromatic N) is 4. The Morgan fingerprint density at radius 1 is 1.03 bits per heavy atom. The van der Waals surface area contributed by atoms with Crippen molar-refractivity contribution in [2.24, 2.45) is 5.92 Å². The van der Waals surface area contributed by atoms with E-state index < -0.39 is 4.92 Å². The summed E-state index contributed by atoms with van der Waals surface area (Å²) in [6.45, 7) is 1.41. The van der Waals surface area contributed by atoms with Crippen molar-refractivity contribution in [2.45, 2.75) is 12.8 Å². The van der Waals surface area contributed by atoms with Crippen LogP contribution in [-0.4, -0.2) is 33.9 Å². The van der Waals surface area contributed by atoms with E-state index in [4.69, 9.17) is 0 Å². The van der Waals surface area contributed by atoms with E-state index >= 15 is 0 Å². The Hall–Kier alpha value is -3.81. The van der Waals surface area contributed by atoms with Crippen LogP contribution >= 0.6 is 0 Å². The highest BCUT2D eigenvalue weighted by atomic mass is 16.6. The summed E-state index contributed by atoms with van der Waals surface area (Å²) < 4.78 is 0. The summed E-state index contributed by atoms with van der Waals surface area (Å²) in [4.78, 5) is 34.0. The average Bonchev–Trinajstić information content (AvgIpc) is 2.80. The van der Waals surface area contributed by atoms with Gasteiger partial charge in [-0.1, -0.05) is 36.4 Å². The van der Waals surface area contributed by atoms with Crippen LogP contribution in [0.3, 0.4) is 0 Å². The normalized spacial score (nSPS) is 14.3. The maximum absolute atomic E-state index is 12.6. The van der Waals surface area contributed by atoms with E-state index in [9.17, 15) is 14.9 Å². The zero-order chi connectivity index (χ0) is 20.9. The summed E-state index contributed by atoms with van der Waals surface area (Å²) in [6.07, 6.45) is 2.94. The molecule has 1 N–H and O–H groups in total. The quantitative estimate of drug-likeness (QED) is 0.512. The Kier molecular flexibility index (Phi) is 5.65. The van der Waals surface area contributed by atoms with Crippen LogP contribution in [0.2, 0.25) is 0 Å². The van der Waals surface area contributed by atoms with Crippen LogP contribution in [0.15, 0.2) is 67.0 Å². The van der Waals surface area contributed by atoms with Gasteiger partial charge >= 0.3 is 0 Å². The van der Waals surface area contributed by atoms with Crippen LogP contribution in [0.5, 0.6) is 0 Å². The molecule has 1 aliphatic rings. The summed E-state index contributed by atoms with van der Waals surface area (Å²) in [5, 5.41) is 13.7. The summed E-state index contributed by atoms with van der Waals surface area (Å²) in [7, 11) is 0. The minimum absolute atomic E-state index is 0.0411. The van der Waals surface area contributed by atoms with E-state index in [1.165, 1.54) is 12.1 Å². The molecule has 30 heavy (non-hydrogen) atoms. The molecule has 0 saturated carbocycles. The predicted molar refractivity (Wildman–Crippen MR) is 114 cm³/mol. The molecule has 8 nitrogen and oxygen atoms in total. The van der Waals surface area contributed by atoms with Crippen LogP contribution < -0.4 is 10.2 Å². The fraction of sp³-hybridized carbons (Fsp3) is 0.227. The Bertz CT molecular complexity index is 1050. The topological polar surface area (TPSA) is 101 Å². The lowest BCUT2D eigenvalue weighted by Crippen LogP contribution is -2.38. The molecule has 0 bridgehead atoms. The Balaban J connectivity index is 1.38. The van der Waals surface area contributed by atoms with Crippen molar-refractivity contribution in [1.82, 2.24) is 9.97 Å². The number of benzene rings is 2. The number of nitrogens with one attached hydrogen (secondary N) is 1. The third kappa shape index (κ3) is 4.43. The second-order valence-electron chi connectivity index (χ2n) is 7.19. The van der Waals surface area contributed by atoms with Gasteiger partial charge in [0.05, 0.1) is 10.6 Å². The number of hydrogen-bond donors (Lipinski definition) is 1. The highest BCUT2D eigenvalue weighted by molar-refractivity contribution is 5.93. The van der Waals surface area contributed by atoms with Gasteiger partial charge in [-0.15, -0.1) is 0 Å². The van der Waals surface area contributed by atoms with E-state index in [1.54, 1.807) is 18.5 Å². The van der Waals surface area contributed by atoms with Crippen molar-refractivity contribution in [3.05, 3.63) is 77.1 Å². The summed E-state index contributed by atoms with van der Waals surface area (Å²) >= 11 is 0. The molecule has 1 fully saturated rings.